The molecule has 0 heterocycles. The van der Waals surface area contributed by atoms with E-state index in [1.54, 1.807) is 6.26 Å². The van der Waals surface area contributed by atoms with Crippen molar-refractivity contribution in [2.45, 2.75) is 174 Å². The van der Waals surface area contributed by atoms with E-state index in [4.69, 9.17) is 18.5 Å². The lowest BCUT2D eigenvalue weighted by Crippen LogP contribution is -2.37. The molecular formula is C37H75NO7P+. The van der Waals surface area contributed by atoms with Gasteiger partial charge in [-0.3, -0.25) is 13.8 Å². The predicted molar refractivity (Wildman–Crippen MR) is 192 cm³/mol. The number of carbonyl (C=O) groups excluding carboxylic acids is 1. The first-order valence-electron chi connectivity index (χ1n) is 19.0. The molecule has 274 valence electrons. The zero-order chi connectivity index (χ0) is 34.2. The van der Waals surface area contributed by atoms with E-state index in [1.807, 2.05) is 27.2 Å². The molecule has 0 radical (unpaired) electrons. The Morgan fingerprint density at radius 2 is 1.13 bits per heavy atom. The van der Waals surface area contributed by atoms with Crippen molar-refractivity contribution >= 4 is 13.8 Å². The number of hydrogen-bond acceptors (Lipinski definition) is 6. The fourth-order valence-electron chi connectivity index (χ4n) is 5.16. The number of unbranched alkanes of at least 4 members (excludes halogenated alkanes) is 21. The molecule has 0 aliphatic carbocycles. The molecule has 1 N–H and O–H groups in total. The van der Waals surface area contributed by atoms with Gasteiger partial charge in [-0.05, 0) is 25.3 Å². The number of phosphoric acid groups is 1. The van der Waals surface area contributed by atoms with Gasteiger partial charge in [0.2, 0.25) is 0 Å². The van der Waals surface area contributed by atoms with E-state index in [2.05, 4.69) is 13.8 Å². The Bertz CT molecular complexity index is 756. The number of nitrogens with zero attached hydrogens (tertiary/aromatic N) is 1. The molecule has 0 aromatic carbocycles. The molecule has 0 aliphatic rings. The minimum Gasteiger partial charge on any atom is -0.498 e. The Hall–Kier alpha value is -0.920. The lowest BCUT2D eigenvalue weighted by atomic mass is 10.0. The third-order valence-corrected chi connectivity index (χ3v) is 9.16. The molecule has 8 nitrogen and oxygen atoms in total. The number of carbonyl (C=O) groups is 1. The van der Waals surface area contributed by atoms with Crippen LogP contribution in [0.3, 0.4) is 0 Å². The van der Waals surface area contributed by atoms with Crippen LogP contribution in [-0.4, -0.2) is 69.0 Å². The average molecular weight is 677 g/mol. The average Bonchev–Trinajstić information content (AvgIpc) is 2.99. The summed E-state index contributed by atoms with van der Waals surface area (Å²) >= 11 is 0. The second-order valence-corrected chi connectivity index (χ2v) is 15.5. The summed E-state index contributed by atoms with van der Waals surface area (Å²) in [5.41, 5.74) is 0. The number of rotatable bonds is 35. The minimum absolute atomic E-state index is 0.0532. The molecule has 0 aromatic rings. The highest BCUT2D eigenvalue weighted by molar-refractivity contribution is 7.47. The zero-order valence-electron chi connectivity index (χ0n) is 30.8. The number of ether oxygens (including phenoxy) is 2. The second-order valence-electron chi connectivity index (χ2n) is 14.0. The molecule has 0 fully saturated rings. The van der Waals surface area contributed by atoms with Crippen molar-refractivity contribution in [3.05, 3.63) is 12.3 Å². The van der Waals surface area contributed by atoms with Crippen LogP contribution in [0.4, 0.5) is 0 Å². The topological polar surface area (TPSA) is 91.3 Å². The number of hydrogen-bond donors (Lipinski definition) is 1. The molecule has 0 aromatic heterocycles. The van der Waals surface area contributed by atoms with Crippen molar-refractivity contribution in [3.63, 3.8) is 0 Å². The standard InChI is InChI=1S/C37H74NO7P/c1-6-8-10-12-14-16-18-19-20-21-23-25-27-29-32-42-34-36(35-44-46(40,41)43-33-31-38(3,4)5)45-37(39)30-28-26-24-22-17-15-13-11-9-7-2/h29,32,36H,6-28,30-31,33-35H2,1-5H3/p+1/b32-29+/t36-/m1/s1. The van der Waals surface area contributed by atoms with Gasteiger partial charge in [0.05, 0.1) is 34.0 Å². The van der Waals surface area contributed by atoms with Crippen LogP contribution in [-0.2, 0) is 27.9 Å². The van der Waals surface area contributed by atoms with Gasteiger partial charge in [0, 0.05) is 6.42 Å². The number of likely N-dealkylation sites (N-methyl/N-ethyl adjacent to an activating group) is 1. The van der Waals surface area contributed by atoms with Gasteiger partial charge >= 0.3 is 13.8 Å². The molecule has 0 bridgehead atoms. The first-order valence-corrected chi connectivity index (χ1v) is 20.5. The summed E-state index contributed by atoms with van der Waals surface area (Å²) in [6.45, 7) is 4.92. The van der Waals surface area contributed by atoms with E-state index >= 15 is 0 Å². The maximum absolute atomic E-state index is 12.6. The highest BCUT2D eigenvalue weighted by atomic mass is 31.2. The fraction of sp³-hybridized carbons (Fsp3) is 0.919. The molecule has 46 heavy (non-hydrogen) atoms. The maximum atomic E-state index is 12.6. The van der Waals surface area contributed by atoms with Gasteiger partial charge in [-0.25, -0.2) is 4.57 Å². The van der Waals surface area contributed by atoms with Crippen LogP contribution in [0.25, 0.3) is 0 Å². The van der Waals surface area contributed by atoms with Gasteiger partial charge in [0.25, 0.3) is 0 Å². The molecule has 0 saturated carbocycles. The Labute approximate surface area is 284 Å². The monoisotopic (exact) mass is 677 g/mol. The van der Waals surface area contributed by atoms with Crippen LogP contribution >= 0.6 is 7.82 Å². The SMILES string of the molecule is CCCCCCCCCCCCCC/C=C/OC[C@H](COP(=O)(O)OCC[N+](C)(C)C)OC(=O)CCCCCCCCCCCC. The van der Waals surface area contributed by atoms with Crippen molar-refractivity contribution in [3.8, 4) is 0 Å². The highest BCUT2D eigenvalue weighted by Crippen LogP contribution is 2.43. The van der Waals surface area contributed by atoms with E-state index in [0.29, 0.717) is 17.4 Å². The Kier molecular flexibility index (Phi) is 30.7. The maximum Gasteiger partial charge on any atom is 0.472 e. The summed E-state index contributed by atoms with van der Waals surface area (Å²) < 4.78 is 34.5. The van der Waals surface area contributed by atoms with Gasteiger partial charge in [-0.2, -0.15) is 0 Å². The van der Waals surface area contributed by atoms with Crippen LogP contribution in [0.5, 0.6) is 0 Å². The molecule has 2 atom stereocenters. The third-order valence-electron chi connectivity index (χ3n) is 8.17. The molecule has 0 spiro atoms. The van der Waals surface area contributed by atoms with E-state index in [0.717, 1.165) is 32.1 Å². The highest BCUT2D eigenvalue weighted by Gasteiger charge is 2.26. The Morgan fingerprint density at radius 3 is 1.61 bits per heavy atom. The smallest absolute Gasteiger partial charge is 0.472 e. The molecule has 0 rings (SSSR count). The van der Waals surface area contributed by atoms with Crippen LogP contribution in [0.15, 0.2) is 12.3 Å². The van der Waals surface area contributed by atoms with Crippen molar-refractivity contribution in [2.75, 3.05) is 47.5 Å². The summed E-state index contributed by atoms with van der Waals surface area (Å²) in [7, 11) is 1.64. The van der Waals surface area contributed by atoms with Gasteiger partial charge < -0.3 is 18.9 Å². The minimum atomic E-state index is -4.27. The summed E-state index contributed by atoms with van der Waals surface area (Å²) in [5, 5.41) is 0. The molecular weight excluding hydrogens is 601 g/mol. The van der Waals surface area contributed by atoms with Gasteiger partial charge in [-0.15, -0.1) is 0 Å². The van der Waals surface area contributed by atoms with Crippen molar-refractivity contribution in [1.82, 2.24) is 0 Å². The fourth-order valence-corrected chi connectivity index (χ4v) is 5.91. The van der Waals surface area contributed by atoms with E-state index in [9.17, 15) is 14.3 Å². The quantitative estimate of drug-likeness (QED) is 0.0235. The number of quaternary nitrogens is 1. The molecule has 1 unspecified atom stereocenters. The lowest BCUT2D eigenvalue weighted by molar-refractivity contribution is -0.870. The normalized spacial score (nSPS) is 14.0. The van der Waals surface area contributed by atoms with Crippen molar-refractivity contribution < 1.29 is 37.3 Å². The van der Waals surface area contributed by atoms with Gasteiger partial charge in [0.1, 0.15) is 19.8 Å². The van der Waals surface area contributed by atoms with E-state index < -0.39 is 13.9 Å². The molecule has 0 aliphatic heterocycles. The molecule has 0 saturated heterocycles. The first kappa shape index (κ1) is 45.1. The zero-order valence-corrected chi connectivity index (χ0v) is 31.7. The summed E-state index contributed by atoms with van der Waals surface area (Å²) in [6, 6.07) is 0. The third kappa shape index (κ3) is 34.4. The number of allylic oxidation sites excluding steroid dienone is 1. The Balaban J connectivity index is 4.34. The van der Waals surface area contributed by atoms with E-state index in [-0.39, 0.29) is 25.8 Å². The number of esters is 1. The van der Waals surface area contributed by atoms with Crippen molar-refractivity contribution in [2.24, 2.45) is 0 Å². The predicted octanol–water partition coefficient (Wildman–Crippen LogP) is 10.7. The Morgan fingerprint density at radius 1 is 0.674 bits per heavy atom. The largest absolute Gasteiger partial charge is 0.498 e. The van der Waals surface area contributed by atoms with Gasteiger partial charge in [-0.1, -0.05) is 142 Å². The van der Waals surface area contributed by atoms with Crippen LogP contribution in [0.2, 0.25) is 0 Å². The number of phosphoric ester groups is 1. The molecule has 9 heteroatoms. The summed E-state index contributed by atoms with van der Waals surface area (Å²) in [4.78, 5) is 22.7. The summed E-state index contributed by atoms with van der Waals surface area (Å²) in [5.74, 6) is -0.337. The second kappa shape index (κ2) is 31.4. The van der Waals surface area contributed by atoms with E-state index in [1.165, 1.54) is 116 Å². The lowest BCUT2D eigenvalue weighted by Gasteiger charge is -2.24. The van der Waals surface area contributed by atoms with Crippen LogP contribution < -0.4 is 0 Å². The van der Waals surface area contributed by atoms with Crippen molar-refractivity contribution in [1.29, 1.82) is 0 Å². The first-order chi connectivity index (χ1) is 22.1. The molecule has 0 amide bonds. The van der Waals surface area contributed by atoms with Crippen LogP contribution in [0.1, 0.15) is 168 Å². The summed E-state index contributed by atoms with van der Waals surface area (Å²) in [6.07, 6.45) is 31.9. The van der Waals surface area contributed by atoms with Gasteiger partial charge in [0.15, 0.2) is 6.10 Å². The van der Waals surface area contributed by atoms with Crippen LogP contribution in [0, 0.1) is 0 Å².